The lowest BCUT2D eigenvalue weighted by molar-refractivity contribution is -0.173. The Labute approximate surface area is 221 Å². The molecule has 0 spiro atoms. The summed E-state index contributed by atoms with van der Waals surface area (Å²) < 4.78 is 40.6. The molecule has 0 bridgehead atoms. The number of amides is 3. The highest BCUT2D eigenvalue weighted by molar-refractivity contribution is 6.00. The van der Waals surface area contributed by atoms with Crippen LogP contribution < -0.4 is 10.6 Å². The van der Waals surface area contributed by atoms with Crippen LogP contribution in [0.5, 0.6) is 0 Å². The maximum atomic E-state index is 13.3. The van der Waals surface area contributed by atoms with Crippen molar-refractivity contribution in [2.75, 3.05) is 19.6 Å². The number of likely N-dealkylation sites (tertiary alicyclic amines) is 1. The van der Waals surface area contributed by atoms with Crippen LogP contribution >= 0.6 is 0 Å². The molecule has 1 aliphatic rings. The summed E-state index contributed by atoms with van der Waals surface area (Å²) in [6.07, 6.45) is 3.80. The van der Waals surface area contributed by atoms with Crippen LogP contribution in [-0.2, 0) is 16.6 Å². The van der Waals surface area contributed by atoms with E-state index >= 15 is 0 Å². The van der Waals surface area contributed by atoms with Gasteiger partial charge in [-0.25, -0.2) is 4.98 Å². The first kappa shape index (κ1) is 28.7. The predicted molar refractivity (Wildman–Crippen MR) is 137 cm³/mol. The summed E-state index contributed by atoms with van der Waals surface area (Å²) in [7, 11) is 1.74. The monoisotopic (exact) mass is 539 g/mol. The molecule has 0 aromatic carbocycles. The third kappa shape index (κ3) is 7.33. The van der Waals surface area contributed by atoms with Crippen molar-refractivity contribution in [3.63, 3.8) is 0 Å². The molecule has 0 saturated carbocycles. The molecule has 4 heterocycles. The lowest BCUT2D eigenvalue weighted by atomic mass is 9.86. The van der Waals surface area contributed by atoms with Gasteiger partial charge in [-0.15, -0.1) is 0 Å². The smallest absolute Gasteiger partial charge is 0.349 e. The number of nitrogens with zero attached hydrogens (tertiary/aromatic N) is 5. The third-order valence-corrected chi connectivity index (χ3v) is 5.75. The van der Waals surface area contributed by atoms with Crippen molar-refractivity contribution in [1.82, 2.24) is 34.7 Å². The largest absolute Gasteiger partial charge is 0.471 e. The first-order valence-electron chi connectivity index (χ1n) is 12.2. The predicted octanol–water partition coefficient (Wildman–Crippen LogP) is 3.02. The number of aryl methyl sites for hydroxylation is 1. The summed E-state index contributed by atoms with van der Waals surface area (Å²) in [4.78, 5) is 42.4. The van der Waals surface area contributed by atoms with Crippen molar-refractivity contribution in [3.8, 4) is 0 Å². The fourth-order valence-electron chi connectivity index (χ4n) is 4.13. The summed E-state index contributed by atoms with van der Waals surface area (Å²) >= 11 is 0. The number of aromatic nitrogens is 4. The molecule has 1 aliphatic heterocycles. The number of piperidine rings is 1. The van der Waals surface area contributed by atoms with Gasteiger partial charge in [-0.2, -0.15) is 18.3 Å². The lowest BCUT2D eigenvalue weighted by Gasteiger charge is -2.38. The summed E-state index contributed by atoms with van der Waals surface area (Å²) in [5.74, 6) is -2.62. The maximum Gasteiger partial charge on any atom is 0.471 e. The molecule has 2 N–H and O–H groups in total. The Kier molecular flexibility index (Phi) is 9.13. The highest BCUT2D eigenvalue weighted by atomic mass is 19.4. The fourth-order valence-corrected chi connectivity index (χ4v) is 4.13. The second-order valence-electron chi connectivity index (χ2n) is 9.79. The van der Waals surface area contributed by atoms with Gasteiger partial charge >= 0.3 is 12.1 Å². The average Bonchev–Trinajstić information content (AvgIpc) is 3.50. The van der Waals surface area contributed by atoms with Crippen molar-refractivity contribution >= 4 is 23.2 Å². The van der Waals surface area contributed by atoms with Crippen molar-refractivity contribution in [2.45, 2.75) is 45.3 Å². The average molecular weight is 540 g/mol. The minimum atomic E-state index is -5.08. The molecule has 4 rings (SSSR count). The molecule has 210 valence electrons. The Balaban J connectivity index is 0.00000125. The summed E-state index contributed by atoms with van der Waals surface area (Å²) in [6.45, 7) is 6.20. The van der Waals surface area contributed by atoms with E-state index in [1.165, 1.54) is 0 Å². The Morgan fingerprint density at radius 2 is 1.92 bits per heavy atom. The maximum absolute atomic E-state index is 13.3. The number of hydrogen-bond donors (Lipinski definition) is 2. The van der Waals surface area contributed by atoms with Crippen molar-refractivity contribution < 1.29 is 30.4 Å². The van der Waals surface area contributed by atoms with Crippen LogP contribution in [0.4, 0.5) is 13.2 Å². The molecule has 0 aliphatic carbocycles. The number of carbonyl (C=O) groups excluding carboxylic acids is 3. The number of nitrogens with one attached hydrogen (secondary N) is 2. The van der Waals surface area contributed by atoms with Crippen molar-refractivity contribution in [2.24, 2.45) is 13.0 Å². The number of imidazole rings is 1. The highest BCUT2D eigenvalue weighted by Gasteiger charge is 2.39. The van der Waals surface area contributed by atoms with E-state index < -0.39 is 30.6 Å². The second-order valence-corrected chi connectivity index (χ2v) is 9.79. The van der Waals surface area contributed by atoms with Crippen molar-refractivity contribution in [3.05, 3.63) is 54.4 Å². The fraction of sp³-hybridized carbons (Fsp3) is 0.480. The van der Waals surface area contributed by atoms with Gasteiger partial charge in [-0.3, -0.25) is 19.1 Å². The molecule has 3 amide bonds. The zero-order valence-corrected chi connectivity index (χ0v) is 21.7. The molecule has 13 heteroatoms. The first-order valence-corrected chi connectivity index (χ1v) is 12.2. The molecule has 3 aromatic heterocycles. The topological polar surface area (TPSA) is 114 Å². The molecular formula is C25H36F3N7O3. The molecule has 0 unspecified atom stereocenters. The van der Waals surface area contributed by atoms with Gasteiger partial charge in [0.2, 0.25) is 5.91 Å². The van der Waals surface area contributed by atoms with E-state index in [1.807, 2.05) is 0 Å². The van der Waals surface area contributed by atoms with Crippen LogP contribution in [0.3, 0.4) is 0 Å². The molecule has 3 aromatic rings. The van der Waals surface area contributed by atoms with E-state index in [0.29, 0.717) is 24.0 Å². The second kappa shape index (κ2) is 12.1. The quantitative estimate of drug-likeness (QED) is 0.518. The van der Waals surface area contributed by atoms with Crippen LogP contribution in [0.1, 0.15) is 51.9 Å². The Morgan fingerprint density at radius 3 is 2.55 bits per heavy atom. The van der Waals surface area contributed by atoms with E-state index in [2.05, 4.69) is 36.2 Å². The van der Waals surface area contributed by atoms with Crippen molar-refractivity contribution in [1.29, 1.82) is 0 Å². The van der Waals surface area contributed by atoms with Gasteiger partial charge in [0.1, 0.15) is 0 Å². The number of carbonyl (C=O) groups is 3. The van der Waals surface area contributed by atoms with Gasteiger partial charge in [-0.05, 0) is 30.0 Å². The van der Waals surface area contributed by atoms with Gasteiger partial charge in [-0.1, -0.05) is 20.8 Å². The Hall–Kier alpha value is -3.90. The summed E-state index contributed by atoms with van der Waals surface area (Å²) in [5.41, 5.74) is 1.91. The molecule has 38 heavy (non-hydrogen) atoms. The SMILES string of the molecule is CC(C)C.Cn1cc([C@@H]2CCN(C(=O)c3cccn4cncc34)C[C@H]2NC(=O)CNC(=O)C(F)(F)F)cn1.[HH].[HH]. The number of halogens is 3. The third-order valence-electron chi connectivity index (χ3n) is 5.75. The molecule has 0 radical (unpaired) electrons. The minimum absolute atomic E-state index is 0. The van der Waals surface area contributed by atoms with Gasteiger partial charge in [0.15, 0.2) is 0 Å². The lowest BCUT2D eigenvalue weighted by Crippen LogP contribution is -2.55. The normalized spacial score (nSPS) is 17.6. The standard InChI is InChI=1S/C21H22F3N7O3.C4H10.2H2/c1-29-10-13(7-27-29)14-4-6-30(19(33)15-3-2-5-31-12-25-8-17(15)31)11-16(14)28-18(32)9-26-20(34)21(22,23)24;1-4(2)3;;/h2-3,5,7-8,10,12,14,16H,4,6,9,11H2,1H3,(H,26,34)(H,28,32);4H,1-3H3;2*1H/t14-,16+;;;/m0.../s1. The number of pyridine rings is 1. The van der Waals surface area contributed by atoms with Gasteiger partial charge < -0.3 is 19.9 Å². The van der Waals surface area contributed by atoms with Crippen LogP contribution in [0, 0.1) is 5.92 Å². The zero-order chi connectivity index (χ0) is 28.0. The number of hydrogen-bond acceptors (Lipinski definition) is 5. The molecule has 10 nitrogen and oxygen atoms in total. The van der Waals surface area contributed by atoms with E-state index in [9.17, 15) is 27.6 Å². The number of fused-ring (bicyclic) bond motifs is 1. The zero-order valence-electron chi connectivity index (χ0n) is 21.7. The van der Waals surface area contributed by atoms with E-state index in [0.717, 1.165) is 11.5 Å². The van der Waals surface area contributed by atoms with Gasteiger partial charge in [0.05, 0.1) is 42.4 Å². The molecular weight excluding hydrogens is 503 g/mol. The Bertz CT molecular complexity index is 1280. The molecule has 1 fully saturated rings. The van der Waals surface area contributed by atoms with E-state index in [-0.39, 0.29) is 21.2 Å². The summed E-state index contributed by atoms with van der Waals surface area (Å²) in [6, 6.07) is 2.82. The van der Waals surface area contributed by atoms with Gasteiger partial charge in [0.25, 0.3) is 5.91 Å². The van der Waals surface area contributed by atoms with E-state index in [4.69, 9.17) is 0 Å². The van der Waals surface area contributed by atoms with Gasteiger partial charge in [0, 0.05) is 41.3 Å². The first-order chi connectivity index (χ1) is 17.9. The molecule has 2 atom stereocenters. The number of rotatable bonds is 5. The summed E-state index contributed by atoms with van der Waals surface area (Å²) in [5, 5.41) is 8.40. The van der Waals surface area contributed by atoms with E-state index in [1.54, 1.807) is 69.6 Å². The van der Waals surface area contributed by atoms with Crippen LogP contribution in [-0.4, -0.2) is 73.6 Å². The highest BCUT2D eigenvalue weighted by Crippen LogP contribution is 2.29. The Morgan fingerprint density at radius 1 is 1.21 bits per heavy atom. The number of alkyl halides is 3. The minimum Gasteiger partial charge on any atom is -0.349 e. The molecule has 1 saturated heterocycles. The van der Waals surface area contributed by atoms with Crippen LogP contribution in [0.2, 0.25) is 0 Å². The van der Waals surface area contributed by atoms with Crippen LogP contribution in [0.15, 0.2) is 43.2 Å². The van der Waals surface area contributed by atoms with Crippen LogP contribution in [0.25, 0.3) is 5.52 Å².